The summed E-state index contributed by atoms with van der Waals surface area (Å²) in [6, 6.07) is 13.5. The van der Waals surface area contributed by atoms with E-state index in [2.05, 4.69) is 11.0 Å². The molecule has 0 N–H and O–H groups in total. The molecule has 1 heterocycles. The van der Waals surface area contributed by atoms with E-state index in [1.807, 2.05) is 44.2 Å². The molecule has 1 aliphatic heterocycles. The Kier molecular flexibility index (Phi) is 5.65. The number of nitrogens with zero attached hydrogens (tertiary/aromatic N) is 2. The molecule has 6 heteroatoms. The number of hydrogen-bond donors (Lipinski definition) is 0. The highest BCUT2D eigenvalue weighted by molar-refractivity contribution is 7.89. The lowest BCUT2D eigenvalue weighted by molar-refractivity contribution is 0.180. The Morgan fingerprint density at radius 2 is 1.69 bits per heavy atom. The predicted octanol–water partition coefficient (Wildman–Crippen LogP) is 2.82. The van der Waals surface area contributed by atoms with Crippen LogP contribution in [0.1, 0.15) is 16.7 Å². The van der Waals surface area contributed by atoms with Gasteiger partial charge in [0.15, 0.2) is 0 Å². The van der Waals surface area contributed by atoms with Gasteiger partial charge in [-0.3, -0.25) is 4.90 Å². The quantitative estimate of drug-likeness (QED) is 0.808. The number of sulfonamides is 1. The summed E-state index contributed by atoms with van der Waals surface area (Å²) in [5.41, 5.74) is 3.00. The first-order chi connectivity index (χ1) is 12.4. The zero-order chi connectivity index (χ0) is 18.7. The summed E-state index contributed by atoms with van der Waals surface area (Å²) < 4.78 is 33.0. The SMILES string of the molecule is COc1ccccc1CN1CCN(S(=O)(=O)c2ccc(C)cc2C)CC1. The molecule has 0 radical (unpaired) electrons. The van der Waals surface area contributed by atoms with E-state index in [0.29, 0.717) is 31.1 Å². The summed E-state index contributed by atoms with van der Waals surface area (Å²) in [6.07, 6.45) is 0. The molecule has 5 nitrogen and oxygen atoms in total. The van der Waals surface area contributed by atoms with Crippen molar-refractivity contribution in [2.45, 2.75) is 25.3 Å². The second kappa shape index (κ2) is 7.78. The van der Waals surface area contributed by atoms with E-state index in [-0.39, 0.29) is 0 Å². The van der Waals surface area contributed by atoms with Crippen molar-refractivity contribution in [1.82, 2.24) is 9.21 Å². The van der Waals surface area contributed by atoms with Crippen molar-refractivity contribution in [2.24, 2.45) is 0 Å². The van der Waals surface area contributed by atoms with Crippen LogP contribution in [0.15, 0.2) is 47.4 Å². The molecule has 0 bridgehead atoms. The number of aryl methyl sites for hydroxylation is 2. The molecule has 1 aliphatic rings. The second-order valence-electron chi connectivity index (χ2n) is 6.76. The largest absolute Gasteiger partial charge is 0.496 e. The van der Waals surface area contributed by atoms with Gasteiger partial charge in [-0.15, -0.1) is 0 Å². The number of methoxy groups -OCH3 is 1. The monoisotopic (exact) mass is 374 g/mol. The van der Waals surface area contributed by atoms with Gasteiger partial charge in [0, 0.05) is 38.3 Å². The van der Waals surface area contributed by atoms with Gasteiger partial charge < -0.3 is 4.74 Å². The summed E-state index contributed by atoms with van der Waals surface area (Å²) in [4.78, 5) is 2.69. The smallest absolute Gasteiger partial charge is 0.243 e. The molecule has 1 saturated heterocycles. The summed E-state index contributed by atoms with van der Waals surface area (Å²) >= 11 is 0. The van der Waals surface area contributed by atoms with Gasteiger partial charge in [-0.05, 0) is 31.5 Å². The summed E-state index contributed by atoms with van der Waals surface area (Å²) in [7, 11) is -1.76. The van der Waals surface area contributed by atoms with Crippen LogP contribution in [0.3, 0.4) is 0 Å². The fourth-order valence-electron chi connectivity index (χ4n) is 3.43. The Balaban J connectivity index is 1.68. The fraction of sp³-hybridized carbons (Fsp3) is 0.400. The molecule has 2 aromatic rings. The van der Waals surface area contributed by atoms with E-state index in [4.69, 9.17) is 4.74 Å². The van der Waals surface area contributed by atoms with Gasteiger partial charge in [-0.2, -0.15) is 4.31 Å². The Hall–Kier alpha value is -1.89. The first-order valence-corrected chi connectivity index (χ1v) is 10.3. The van der Waals surface area contributed by atoms with Crippen molar-refractivity contribution in [3.05, 3.63) is 59.2 Å². The molecule has 0 unspecified atom stereocenters. The number of para-hydroxylation sites is 1. The topological polar surface area (TPSA) is 49.9 Å². The second-order valence-corrected chi connectivity index (χ2v) is 8.67. The van der Waals surface area contributed by atoms with Crippen molar-refractivity contribution in [1.29, 1.82) is 0 Å². The summed E-state index contributed by atoms with van der Waals surface area (Å²) in [6.45, 7) is 7.03. The van der Waals surface area contributed by atoms with Gasteiger partial charge >= 0.3 is 0 Å². The molecule has 2 aromatic carbocycles. The van der Waals surface area contributed by atoms with Gasteiger partial charge in [0.25, 0.3) is 0 Å². The maximum Gasteiger partial charge on any atom is 0.243 e. The Bertz CT molecular complexity index is 872. The summed E-state index contributed by atoms with van der Waals surface area (Å²) in [5.74, 6) is 0.873. The molecule has 1 fully saturated rings. The average molecular weight is 375 g/mol. The molecule has 0 amide bonds. The van der Waals surface area contributed by atoms with E-state index in [1.54, 1.807) is 17.5 Å². The van der Waals surface area contributed by atoms with Crippen LogP contribution in [0.2, 0.25) is 0 Å². The highest BCUT2D eigenvalue weighted by Crippen LogP contribution is 2.24. The molecule has 140 valence electrons. The molecule has 26 heavy (non-hydrogen) atoms. The molecule has 0 aromatic heterocycles. The van der Waals surface area contributed by atoms with Gasteiger partial charge in [-0.1, -0.05) is 35.9 Å². The highest BCUT2D eigenvalue weighted by Gasteiger charge is 2.29. The first kappa shape index (κ1) is 18.9. The third-order valence-electron chi connectivity index (χ3n) is 4.87. The fourth-order valence-corrected chi connectivity index (χ4v) is 5.06. The van der Waals surface area contributed by atoms with Crippen LogP contribution >= 0.6 is 0 Å². The van der Waals surface area contributed by atoms with E-state index < -0.39 is 10.0 Å². The maximum absolute atomic E-state index is 13.0. The third kappa shape index (κ3) is 3.92. The summed E-state index contributed by atoms with van der Waals surface area (Å²) in [5, 5.41) is 0. The lowest BCUT2D eigenvalue weighted by atomic mass is 10.2. The minimum atomic E-state index is -3.44. The number of hydrogen-bond acceptors (Lipinski definition) is 4. The van der Waals surface area contributed by atoms with Crippen molar-refractivity contribution < 1.29 is 13.2 Å². The van der Waals surface area contributed by atoms with Crippen molar-refractivity contribution in [3.8, 4) is 5.75 Å². The van der Waals surface area contributed by atoms with Crippen LogP contribution in [0.25, 0.3) is 0 Å². The normalized spacial score (nSPS) is 16.6. The van der Waals surface area contributed by atoms with Crippen LogP contribution in [0.5, 0.6) is 5.75 Å². The van der Waals surface area contributed by atoms with Gasteiger partial charge in [0.2, 0.25) is 10.0 Å². The molecule has 0 aliphatic carbocycles. The lowest BCUT2D eigenvalue weighted by Gasteiger charge is -2.34. The molecular weight excluding hydrogens is 348 g/mol. The van der Waals surface area contributed by atoms with Crippen molar-refractivity contribution >= 4 is 10.0 Å². The molecule has 3 rings (SSSR count). The minimum Gasteiger partial charge on any atom is -0.496 e. The van der Waals surface area contributed by atoms with E-state index >= 15 is 0 Å². The van der Waals surface area contributed by atoms with Gasteiger partial charge in [0.05, 0.1) is 12.0 Å². The van der Waals surface area contributed by atoms with Crippen LogP contribution in [-0.4, -0.2) is 50.9 Å². The Morgan fingerprint density at radius 1 is 1.00 bits per heavy atom. The zero-order valence-electron chi connectivity index (χ0n) is 15.6. The van der Waals surface area contributed by atoms with Crippen molar-refractivity contribution in [3.63, 3.8) is 0 Å². The van der Waals surface area contributed by atoms with E-state index in [1.165, 1.54) is 0 Å². The molecule has 0 saturated carbocycles. The average Bonchev–Trinajstić information content (AvgIpc) is 2.62. The molecule has 0 atom stereocenters. The van der Waals surface area contributed by atoms with Crippen LogP contribution in [-0.2, 0) is 16.6 Å². The van der Waals surface area contributed by atoms with Gasteiger partial charge in [-0.25, -0.2) is 8.42 Å². The Labute approximate surface area is 156 Å². The Morgan fingerprint density at radius 3 is 2.35 bits per heavy atom. The van der Waals surface area contributed by atoms with Crippen LogP contribution in [0, 0.1) is 13.8 Å². The minimum absolute atomic E-state index is 0.418. The zero-order valence-corrected chi connectivity index (χ0v) is 16.4. The van der Waals surface area contributed by atoms with Crippen molar-refractivity contribution in [2.75, 3.05) is 33.3 Å². The maximum atomic E-state index is 13.0. The van der Waals surface area contributed by atoms with Crippen LogP contribution < -0.4 is 4.74 Å². The number of rotatable bonds is 5. The highest BCUT2D eigenvalue weighted by atomic mass is 32.2. The lowest BCUT2D eigenvalue weighted by Crippen LogP contribution is -2.48. The van der Waals surface area contributed by atoms with Gasteiger partial charge in [0.1, 0.15) is 5.75 Å². The third-order valence-corrected chi connectivity index (χ3v) is 6.92. The number of ether oxygens (including phenoxy) is 1. The standard InChI is InChI=1S/C20H26N2O3S/c1-16-8-9-20(17(2)14-16)26(23,24)22-12-10-21(11-13-22)15-18-6-4-5-7-19(18)25-3/h4-9,14H,10-13,15H2,1-3H3. The predicted molar refractivity (Wildman–Crippen MR) is 103 cm³/mol. The number of piperazine rings is 1. The van der Waals surface area contributed by atoms with Crippen LogP contribution in [0.4, 0.5) is 0 Å². The molecular formula is C20H26N2O3S. The van der Waals surface area contributed by atoms with E-state index in [0.717, 1.165) is 29.0 Å². The van der Waals surface area contributed by atoms with E-state index in [9.17, 15) is 8.42 Å². The number of benzene rings is 2. The molecule has 0 spiro atoms. The first-order valence-electron chi connectivity index (χ1n) is 8.83.